The second-order valence-electron chi connectivity index (χ2n) is 6.06. The lowest BCUT2D eigenvalue weighted by Crippen LogP contribution is -2.28. The molecule has 20 heavy (non-hydrogen) atoms. The average Bonchev–Trinajstić information content (AvgIpc) is 3.14. The van der Waals surface area contributed by atoms with E-state index in [2.05, 4.69) is 10.4 Å². The zero-order valence-corrected chi connectivity index (χ0v) is 11.2. The average molecular weight is 270 g/mol. The number of nitrogens with one attached hydrogen (secondary N) is 1. The van der Waals surface area contributed by atoms with Crippen LogP contribution < -0.4 is 11.1 Å². The van der Waals surface area contributed by atoms with Crippen molar-refractivity contribution in [3.63, 3.8) is 0 Å². The second kappa shape index (κ2) is 4.23. The van der Waals surface area contributed by atoms with Gasteiger partial charge in [0.15, 0.2) is 0 Å². The lowest BCUT2D eigenvalue weighted by Gasteiger charge is -2.25. The number of nitrogens with zero attached hydrogens (tertiary/aromatic N) is 2. The van der Waals surface area contributed by atoms with Crippen molar-refractivity contribution in [1.82, 2.24) is 9.61 Å². The Morgan fingerprint density at radius 2 is 2.30 bits per heavy atom. The molecule has 2 fully saturated rings. The van der Waals surface area contributed by atoms with Gasteiger partial charge in [0.1, 0.15) is 0 Å². The van der Waals surface area contributed by atoms with Crippen LogP contribution in [0.15, 0.2) is 24.5 Å². The van der Waals surface area contributed by atoms with E-state index in [-0.39, 0.29) is 0 Å². The fourth-order valence-corrected chi connectivity index (χ4v) is 3.94. The summed E-state index contributed by atoms with van der Waals surface area (Å²) in [6.07, 6.45) is 8.64. The molecule has 2 aromatic heterocycles. The van der Waals surface area contributed by atoms with Crippen molar-refractivity contribution in [3.8, 4) is 0 Å². The topological polar surface area (TPSA) is 72.4 Å². The summed E-state index contributed by atoms with van der Waals surface area (Å²) in [5.41, 5.74) is 7.74. The van der Waals surface area contributed by atoms with E-state index >= 15 is 0 Å². The first-order valence-electron chi connectivity index (χ1n) is 7.25. The normalized spacial score (nSPS) is 28.1. The first kappa shape index (κ1) is 11.8. The smallest absolute Gasteiger partial charge is 0.252 e. The van der Waals surface area contributed by atoms with Crippen molar-refractivity contribution in [2.75, 3.05) is 5.32 Å². The summed E-state index contributed by atoms with van der Waals surface area (Å²) >= 11 is 0. The van der Waals surface area contributed by atoms with E-state index in [4.69, 9.17) is 5.73 Å². The van der Waals surface area contributed by atoms with Crippen LogP contribution in [0.5, 0.6) is 0 Å². The van der Waals surface area contributed by atoms with Gasteiger partial charge in [0.05, 0.1) is 23.0 Å². The third-order valence-electron chi connectivity index (χ3n) is 4.90. The molecule has 2 aromatic rings. The molecule has 4 rings (SSSR count). The number of anilines is 1. The van der Waals surface area contributed by atoms with E-state index < -0.39 is 5.91 Å². The third kappa shape index (κ3) is 1.69. The van der Waals surface area contributed by atoms with E-state index in [0.717, 1.165) is 23.0 Å². The highest BCUT2D eigenvalue weighted by Gasteiger charge is 2.39. The number of nitrogens with two attached hydrogens (primary N) is 1. The molecule has 0 aliphatic heterocycles. The quantitative estimate of drug-likeness (QED) is 0.896. The predicted octanol–water partition coefficient (Wildman–Crippen LogP) is 2.03. The minimum Gasteiger partial charge on any atom is -0.380 e. The number of amides is 1. The van der Waals surface area contributed by atoms with Gasteiger partial charge in [-0.3, -0.25) is 4.79 Å². The molecule has 5 heteroatoms. The summed E-state index contributed by atoms with van der Waals surface area (Å²) in [4.78, 5) is 11.7. The molecule has 0 unspecified atom stereocenters. The Balaban J connectivity index is 1.75. The molecule has 104 valence electrons. The van der Waals surface area contributed by atoms with E-state index in [1.807, 2.05) is 18.3 Å². The van der Waals surface area contributed by atoms with E-state index in [1.165, 1.54) is 25.7 Å². The summed E-state index contributed by atoms with van der Waals surface area (Å²) < 4.78 is 1.78. The maximum absolute atomic E-state index is 11.7. The van der Waals surface area contributed by atoms with Gasteiger partial charge in [0.2, 0.25) is 0 Å². The molecule has 2 bridgehead atoms. The van der Waals surface area contributed by atoms with Crippen molar-refractivity contribution >= 4 is 17.1 Å². The summed E-state index contributed by atoms with van der Waals surface area (Å²) in [7, 11) is 0. The Labute approximate surface area is 117 Å². The molecular formula is C15H18N4O. The van der Waals surface area contributed by atoms with Gasteiger partial charge in [-0.05, 0) is 43.2 Å². The van der Waals surface area contributed by atoms with Crippen LogP contribution in [0.3, 0.4) is 0 Å². The highest BCUT2D eigenvalue weighted by molar-refractivity contribution is 6.01. The monoisotopic (exact) mass is 270 g/mol. The van der Waals surface area contributed by atoms with Gasteiger partial charge < -0.3 is 11.1 Å². The summed E-state index contributed by atoms with van der Waals surface area (Å²) in [5.74, 6) is 1.18. The van der Waals surface area contributed by atoms with Crippen molar-refractivity contribution < 1.29 is 4.79 Å². The number of aromatic nitrogens is 2. The highest BCUT2D eigenvalue weighted by Crippen LogP contribution is 2.46. The zero-order valence-electron chi connectivity index (χ0n) is 11.2. The third-order valence-corrected chi connectivity index (χ3v) is 4.90. The molecule has 1 amide bonds. The van der Waals surface area contributed by atoms with Gasteiger partial charge in [0, 0.05) is 12.2 Å². The molecule has 3 N–H and O–H groups in total. The van der Waals surface area contributed by atoms with E-state index in [1.54, 1.807) is 10.7 Å². The van der Waals surface area contributed by atoms with Gasteiger partial charge in [-0.25, -0.2) is 4.52 Å². The summed E-state index contributed by atoms with van der Waals surface area (Å²) in [6.45, 7) is 0. The van der Waals surface area contributed by atoms with Gasteiger partial charge >= 0.3 is 0 Å². The Kier molecular flexibility index (Phi) is 2.49. The van der Waals surface area contributed by atoms with Gasteiger partial charge in [-0.1, -0.05) is 6.42 Å². The van der Waals surface area contributed by atoms with Gasteiger partial charge in [0.25, 0.3) is 5.91 Å². The van der Waals surface area contributed by atoms with E-state index in [0.29, 0.717) is 11.6 Å². The molecular weight excluding hydrogens is 252 g/mol. The number of fused-ring (bicyclic) bond motifs is 3. The lowest BCUT2D eigenvalue weighted by molar-refractivity contribution is 0.100. The minimum absolute atomic E-state index is 0.424. The highest BCUT2D eigenvalue weighted by atomic mass is 16.1. The molecule has 2 heterocycles. The maximum Gasteiger partial charge on any atom is 0.252 e. The first-order chi connectivity index (χ1) is 9.72. The number of hydrogen-bond acceptors (Lipinski definition) is 3. The number of primary amides is 1. The largest absolute Gasteiger partial charge is 0.380 e. The fourth-order valence-electron chi connectivity index (χ4n) is 3.94. The first-order valence-corrected chi connectivity index (χ1v) is 7.25. The lowest BCUT2D eigenvalue weighted by atomic mass is 9.95. The molecule has 0 spiro atoms. The zero-order chi connectivity index (χ0) is 13.7. The standard InChI is InChI=1S/C15H18N4O/c16-15(20)11-8-17-19-5-1-2-13(19)14(11)18-12-7-9-3-4-10(12)6-9/h1-2,5,8-10,12,18H,3-4,6-7H2,(H2,16,20)/t9-,10-,12-/m1/s1. The fraction of sp³-hybridized carbons (Fsp3) is 0.467. The van der Waals surface area contributed by atoms with Gasteiger partial charge in [-0.15, -0.1) is 0 Å². The molecule has 0 aromatic carbocycles. The second-order valence-corrected chi connectivity index (χ2v) is 6.06. The van der Waals surface area contributed by atoms with Crippen LogP contribution in [0.4, 0.5) is 5.69 Å². The number of hydrogen-bond donors (Lipinski definition) is 2. The Hall–Kier alpha value is -2.04. The van der Waals surface area contributed by atoms with Crippen LogP contribution in [0.2, 0.25) is 0 Å². The summed E-state index contributed by atoms with van der Waals surface area (Å²) in [5, 5.41) is 7.81. The molecule has 2 aliphatic rings. The predicted molar refractivity (Wildman–Crippen MR) is 76.6 cm³/mol. The SMILES string of the molecule is NC(=O)c1cnn2cccc2c1N[C@@H]1C[C@@H]2CC[C@@H]1C2. The van der Waals surface area contributed by atoms with Crippen molar-refractivity contribution in [2.24, 2.45) is 17.6 Å². The number of carbonyl (C=O) groups is 1. The van der Waals surface area contributed by atoms with Crippen LogP contribution in [0, 0.1) is 11.8 Å². The number of carbonyl (C=O) groups excluding carboxylic acids is 1. The molecule has 5 nitrogen and oxygen atoms in total. The molecule has 0 saturated heterocycles. The molecule has 3 atom stereocenters. The molecule has 2 aliphatic carbocycles. The summed E-state index contributed by atoms with van der Waals surface area (Å²) in [6, 6.07) is 4.36. The molecule has 0 radical (unpaired) electrons. The van der Waals surface area contributed by atoms with Crippen LogP contribution in [0.25, 0.3) is 5.52 Å². The maximum atomic E-state index is 11.7. The van der Waals surface area contributed by atoms with Crippen LogP contribution in [-0.2, 0) is 0 Å². The number of rotatable bonds is 3. The van der Waals surface area contributed by atoms with Crippen LogP contribution in [-0.4, -0.2) is 21.6 Å². The Morgan fingerprint density at radius 3 is 3.00 bits per heavy atom. The van der Waals surface area contributed by atoms with E-state index in [9.17, 15) is 4.79 Å². The van der Waals surface area contributed by atoms with Crippen molar-refractivity contribution in [3.05, 3.63) is 30.1 Å². The van der Waals surface area contributed by atoms with Crippen LogP contribution >= 0.6 is 0 Å². The van der Waals surface area contributed by atoms with Crippen molar-refractivity contribution in [1.29, 1.82) is 0 Å². The van der Waals surface area contributed by atoms with Gasteiger partial charge in [-0.2, -0.15) is 5.10 Å². The van der Waals surface area contributed by atoms with Crippen LogP contribution in [0.1, 0.15) is 36.0 Å². The Bertz CT molecular complexity index is 678. The van der Waals surface area contributed by atoms with Crippen molar-refractivity contribution in [2.45, 2.75) is 31.7 Å². The minimum atomic E-state index is -0.424. The Morgan fingerprint density at radius 1 is 1.40 bits per heavy atom. The molecule has 2 saturated carbocycles.